The van der Waals surface area contributed by atoms with Crippen molar-refractivity contribution in [2.24, 2.45) is 0 Å². The van der Waals surface area contributed by atoms with Gasteiger partial charge in [0.05, 0.1) is 7.11 Å². The summed E-state index contributed by atoms with van der Waals surface area (Å²) in [5, 5.41) is 0. The maximum atomic E-state index is 4.77. The van der Waals surface area contributed by atoms with Crippen LogP contribution in [0.3, 0.4) is 0 Å². The highest BCUT2D eigenvalue weighted by molar-refractivity contribution is 4.32. The number of ether oxygens (including phenoxy) is 2. The summed E-state index contributed by atoms with van der Waals surface area (Å²) < 4.78 is 9.55. The molecule has 4 heteroatoms. The minimum absolute atomic E-state index is 0.281. The van der Waals surface area contributed by atoms with Gasteiger partial charge in [-0.3, -0.25) is 0 Å². The Morgan fingerprint density at radius 1 is 1.11 bits per heavy atom. The topological polar surface area (TPSA) is 36.9 Å². The van der Waals surface area contributed by atoms with Crippen LogP contribution in [0.1, 0.15) is 0 Å². The third-order valence-corrected chi connectivity index (χ3v) is 0.848. The van der Waals surface area contributed by atoms with Crippen molar-refractivity contribution in [1.29, 1.82) is 0 Å². The van der Waals surface area contributed by atoms with Crippen LogP contribution in [0.2, 0.25) is 0 Å². The van der Waals surface area contributed by atoms with Crippen molar-refractivity contribution >= 4 is 0 Å². The summed E-state index contributed by atoms with van der Waals surface area (Å²) in [6.45, 7) is 0.281. The summed E-state index contributed by atoms with van der Waals surface area (Å²) >= 11 is 0. The van der Waals surface area contributed by atoms with Crippen molar-refractivity contribution in [1.82, 2.24) is 0 Å². The van der Waals surface area contributed by atoms with Crippen molar-refractivity contribution in [3.05, 3.63) is 0 Å². The van der Waals surface area contributed by atoms with E-state index >= 15 is 0 Å². The number of methoxy groups -OCH3 is 2. The molecule has 9 heavy (non-hydrogen) atoms. The van der Waals surface area contributed by atoms with Crippen molar-refractivity contribution in [3.8, 4) is 0 Å². The van der Waals surface area contributed by atoms with Crippen molar-refractivity contribution in [2.45, 2.75) is 6.29 Å². The fraction of sp³-hybridized carbons (Fsp3) is 1.00. The summed E-state index contributed by atoms with van der Waals surface area (Å²) in [7, 11) is 4.50. The molecule has 0 N–H and O–H groups in total. The van der Waals surface area contributed by atoms with Crippen LogP contribution in [0.25, 0.3) is 0 Å². The highest BCUT2D eigenvalue weighted by Gasteiger charge is 2.03. The van der Waals surface area contributed by atoms with Crippen LogP contribution >= 0.6 is 0 Å². The SMILES string of the molecule is COOCC(OC)OC. The first-order valence-corrected chi connectivity index (χ1v) is 2.56. The predicted octanol–water partition coefficient (Wildman–Crippen LogP) is 0.183. The largest absolute Gasteiger partial charge is 0.353 e. The summed E-state index contributed by atoms with van der Waals surface area (Å²) in [5.41, 5.74) is 0. The average molecular weight is 136 g/mol. The molecule has 0 aromatic rings. The van der Waals surface area contributed by atoms with Gasteiger partial charge in [0, 0.05) is 14.2 Å². The van der Waals surface area contributed by atoms with E-state index in [-0.39, 0.29) is 12.9 Å². The second-order valence-electron chi connectivity index (χ2n) is 1.35. The Balaban J connectivity index is 3.09. The van der Waals surface area contributed by atoms with Crippen LogP contribution in [-0.4, -0.2) is 34.2 Å². The zero-order chi connectivity index (χ0) is 7.11. The number of hydrogen-bond donors (Lipinski definition) is 0. The molecule has 0 aromatic heterocycles. The van der Waals surface area contributed by atoms with E-state index in [2.05, 4.69) is 9.78 Å². The van der Waals surface area contributed by atoms with Crippen LogP contribution in [0.4, 0.5) is 0 Å². The average Bonchev–Trinajstić information content (AvgIpc) is 1.91. The zero-order valence-electron chi connectivity index (χ0n) is 5.92. The van der Waals surface area contributed by atoms with E-state index in [4.69, 9.17) is 9.47 Å². The van der Waals surface area contributed by atoms with Crippen LogP contribution in [-0.2, 0) is 19.2 Å². The molecule has 0 heterocycles. The lowest BCUT2D eigenvalue weighted by Gasteiger charge is -2.10. The smallest absolute Gasteiger partial charge is 0.183 e. The molecule has 4 nitrogen and oxygen atoms in total. The number of rotatable bonds is 5. The second kappa shape index (κ2) is 5.97. The Kier molecular flexibility index (Phi) is 5.86. The van der Waals surface area contributed by atoms with Crippen molar-refractivity contribution in [3.63, 3.8) is 0 Å². The Hall–Kier alpha value is -0.160. The predicted molar refractivity (Wildman–Crippen MR) is 30.8 cm³/mol. The van der Waals surface area contributed by atoms with Crippen molar-refractivity contribution < 1.29 is 19.2 Å². The lowest BCUT2D eigenvalue weighted by atomic mass is 10.7. The highest BCUT2D eigenvalue weighted by atomic mass is 17.2. The van der Waals surface area contributed by atoms with Gasteiger partial charge in [-0.15, -0.1) is 0 Å². The normalized spacial score (nSPS) is 10.7. The van der Waals surface area contributed by atoms with E-state index in [9.17, 15) is 0 Å². The summed E-state index contributed by atoms with van der Waals surface area (Å²) in [6, 6.07) is 0. The Morgan fingerprint density at radius 2 is 1.67 bits per heavy atom. The van der Waals surface area contributed by atoms with Gasteiger partial charge in [0.1, 0.15) is 6.61 Å². The molecule has 56 valence electrons. The molecule has 0 radical (unpaired) electrons. The maximum Gasteiger partial charge on any atom is 0.183 e. The van der Waals surface area contributed by atoms with Gasteiger partial charge in [0.2, 0.25) is 0 Å². The molecule has 0 amide bonds. The summed E-state index contributed by atoms with van der Waals surface area (Å²) in [5.74, 6) is 0. The van der Waals surface area contributed by atoms with Gasteiger partial charge in [0.15, 0.2) is 6.29 Å². The maximum absolute atomic E-state index is 4.77. The fourth-order valence-corrected chi connectivity index (χ4v) is 0.356. The Bertz CT molecular complexity index is 52.9. The van der Waals surface area contributed by atoms with Gasteiger partial charge < -0.3 is 9.47 Å². The van der Waals surface area contributed by atoms with Gasteiger partial charge >= 0.3 is 0 Å². The molecule has 0 bridgehead atoms. The number of hydrogen-bond acceptors (Lipinski definition) is 4. The Labute approximate surface area is 54.6 Å². The lowest BCUT2D eigenvalue weighted by Crippen LogP contribution is -2.19. The van der Waals surface area contributed by atoms with Gasteiger partial charge in [-0.05, 0) is 0 Å². The fourth-order valence-electron chi connectivity index (χ4n) is 0.356. The quantitative estimate of drug-likeness (QED) is 0.307. The first-order valence-electron chi connectivity index (χ1n) is 2.56. The van der Waals surface area contributed by atoms with E-state index < -0.39 is 0 Å². The molecule has 0 spiro atoms. The van der Waals surface area contributed by atoms with E-state index in [0.717, 1.165) is 0 Å². The highest BCUT2D eigenvalue weighted by Crippen LogP contribution is 1.90. The van der Waals surface area contributed by atoms with Crippen LogP contribution < -0.4 is 0 Å². The molecule has 0 aliphatic carbocycles. The third-order valence-electron chi connectivity index (χ3n) is 0.848. The van der Waals surface area contributed by atoms with E-state index in [1.54, 1.807) is 0 Å². The van der Waals surface area contributed by atoms with Crippen LogP contribution in [0.5, 0.6) is 0 Å². The molecule has 0 aliphatic heterocycles. The molecular weight excluding hydrogens is 124 g/mol. The third kappa shape index (κ3) is 4.35. The monoisotopic (exact) mass is 136 g/mol. The second-order valence-corrected chi connectivity index (χ2v) is 1.35. The lowest BCUT2D eigenvalue weighted by molar-refractivity contribution is -0.307. The van der Waals surface area contributed by atoms with Gasteiger partial charge in [-0.2, -0.15) is 0 Å². The minimum Gasteiger partial charge on any atom is -0.353 e. The van der Waals surface area contributed by atoms with Crippen molar-refractivity contribution in [2.75, 3.05) is 27.9 Å². The van der Waals surface area contributed by atoms with E-state index in [1.807, 2.05) is 0 Å². The molecule has 0 aromatic carbocycles. The standard InChI is InChI=1S/C5H12O4/c1-6-5(7-2)4-9-8-3/h5H,4H2,1-3H3. The van der Waals surface area contributed by atoms with Crippen LogP contribution in [0.15, 0.2) is 0 Å². The molecular formula is C5H12O4. The molecule has 0 saturated carbocycles. The zero-order valence-corrected chi connectivity index (χ0v) is 5.92. The van der Waals surface area contributed by atoms with E-state index in [1.165, 1.54) is 21.3 Å². The summed E-state index contributed by atoms with van der Waals surface area (Å²) in [6.07, 6.45) is -0.343. The van der Waals surface area contributed by atoms with Gasteiger partial charge in [-0.1, -0.05) is 0 Å². The summed E-state index contributed by atoms with van der Waals surface area (Å²) in [4.78, 5) is 8.84. The first-order chi connectivity index (χ1) is 4.35. The molecule has 0 rings (SSSR count). The van der Waals surface area contributed by atoms with E-state index in [0.29, 0.717) is 0 Å². The minimum atomic E-state index is -0.343. The van der Waals surface area contributed by atoms with Crippen LogP contribution in [0, 0.1) is 0 Å². The molecule has 0 unspecified atom stereocenters. The van der Waals surface area contributed by atoms with Gasteiger partial charge in [0.25, 0.3) is 0 Å². The molecule has 0 fully saturated rings. The molecule has 0 saturated heterocycles. The molecule has 0 aliphatic rings. The first kappa shape index (κ1) is 8.84. The Morgan fingerprint density at radius 3 is 2.00 bits per heavy atom. The molecule has 0 atom stereocenters. The van der Waals surface area contributed by atoms with Gasteiger partial charge in [-0.25, -0.2) is 9.78 Å².